The number of ether oxygens (including phenoxy) is 2. The Morgan fingerprint density at radius 1 is 1.33 bits per heavy atom. The summed E-state index contributed by atoms with van der Waals surface area (Å²) in [6, 6.07) is 0. The summed E-state index contributed by atoms with van der Waals surface area (Å²) in [5.74, 6) is -0.580. The lowest BCUT2D eigenvalue weighted by molar-refractivity contribution is -0.264. The van der Waals surface area contributed by atoms with Crippen molar-refractivity contribution in [2.75, 3.05) is 0 Å². The lowest BCUT2D eigenvalue weighted by atomic mass is 9.96. The molecule has 0 aliphatic carbocycles. The zero-order valence-corrected chi connectivity index (χ0v) is 11.8. The Morgan fingerprint density at radius 3 is 2.28 bits per heavy atom. The molecule has 0 heterocycles. The van der Waals surface area contributed by atoms with Crippen molar-refractivity contribution in [3.63, 3.8) is 0 Å². The molecule has 0 aromatic heterocycles. The number of hydrogen-bond donors (Lipinski definition) is 1. The highest BCUT2D eigenvalue weighted by Gasteiger charge is 2.29. The molecule has 0 aromatic rings. The molecule has 0 fully saturated rings. The average molecular weight is 260 g/mol. The quantitative estimate of drug-likeness (QED) is 0.430. The number of hydrogen-bond acceptors (Lipinski definition) is 5. The van der Waals surface area contributed by atoms with E-state index in [0.717, 1.165) is 0 Å². The van der Waals surface area contributed by atoms with Gasteiger partial charge in [0, 0.05) is 17.8 Å². The van der Waals surface area contributed by atoms with E-state index in [1.165, 1.54) is 0 Å². The summed E-state index contributed by atoms with van der Waals surface area (Å²) in [5.41, 5.74) is -0.456. The molecule has 0 amide bonds. The highest BCUT2D eigenvalue weighted by Crippen LogP contribution is 2.23. The first kappa shape index (κ1) is 17.1. The Balaban J connectivity index is 4.40. The van der Waals surface area contributed by atoms with Crippen molar-refractivity contribution in [3.8, 4) is 0 Å². The van der Waals surface area contributed by atoms with Crippen molar-refractivity contribution in [1.29, 1.82) is 0 Å². The topological polar surface area (TPSA) is 72.8 Å². The average Bonchev–Trinajstić information content (AvgIpc) is 2.23. The van der Waals surface area contributed by atoms with Crippen molar-refractivity contribution in [2.45, 2.75) is 60.0 Å². The van der Waals surface area contributed by atoms with Crippen LogP contribution in [0.5, 0.6) is 0 Å². The molecule has 1 N–H and O–H groups in total. The van der Waals surface area contributed by atoms with Crippen molar-refractivity contribution >= 4 is 12.3 Å². The van der Waals surface area contributed by atoms with Crippen molar-refractivity contribution < 1.29 is 24.2 Å². The first-order valence-corrected chi connectivity index (χ1v) is 6.15. The largest absolute Gasteiger partial charge is 0.435 e. The number of aliphatic hydroxyl groups is 1. The minimum Gasteiger partial charge on any atom is -0.435 e. The van der Waals surface area contributed by atoms with E-state index in [4.69, 9.17) is 9.47 Å². The van der Waals surface area contributed by atoms with E-state index in [-0.39, 0.29) is 18.8 Å². The lowest BCUT2D eigenvalue weighted by Gasteiger charge is -2.31. The summed E-state index contributed by atoms with van der Waals surface area (Å²) in [5, 5.41) is 9.82. The van der Waals surface area contributed by atoms with Gasteiger partial charge in [-0.1, -0.05) is 34.6 Å². The summed E-state index contributed by atoms with van der Waals surface area (Å²) in [4.78, 5) is 21.6. The molecule has 0 aliphatic heterocycles. The highest BCUT2D eigenvalue weighted by atomic mass is 16.7. The Morgan fingerprint density at radius 2 is 1.89 bits per heavy atom. The smallest absolute Gasteiger partial charge is 0.308 e. The molecule has 0 rings (SSSR count). The van der Waals surface area contributed by atoms with Gasteiger partial charge in [-0.15, -0.1) is 0 Å². The molecule has 5 heteroatoms. The summed E-state index contributed by atoms with van der Waals surface area (Å²) in [6.45, 7) is 9.12. The van der Waals surface area contributed by atoms with Gasteiger partial charge in [0.2, 0.25) is 6.29 Å². The van der Waals surface area contributed by atoms with Crippen LogP contribution in [0.1, 0.15) is 47.5 Å². The van der Waals surface area contributed by atoms with Gasteiger partial charge in [0.1, 0.15) is 6.29 Å². The molecular formula is C13H24O5. The van der Waals surface area contributed by atoms with Crippen LogP contribution in [0, 0.1) is 11.3 Å². The first-order chi connectivity index (χ1) is 8.18. The first-order valence-electron chi connectivity index (χ1n) is 6.15. The van der Waals surface area contributed by atoms with Crippen LogP contribution in [0.2, 0.25) is 0 Å². The van der Waals surface area contributed by atoms with Gasteiger partial charge in [-0.3, -0.25) is 4.79 Å². The second-order valence-electron chi connectivity index (χ2n) is 5.66. The van der Waals surface area contributed by atoms with Crippen LogP contribution in [-0.4, -0.2) is 29.9 Å². The molecule has 106 valence electrons. The van der Waals surface area contributed by atoms with Crippen LogP contribution in [0.4, 0.5) is 0 Å². The van der Waals surface area contributed by atoms with E-state index in [0.29, 0.717) is 6.29 Å². The maximum atomic E-state index is 11.4. The van der Waals surface area contributed by atoms with Gasteiger partial charge in [0.15, 0.2) is 6.29 Å². The third kappa shape index (κ3) is 6.71. The minimum absolute atomic E-state index is 0.0295. The fourth-order valence-corrected chi connectivity index (χ4v) is 1.02. The molecule has 0 spiro atoms. The van der Waals surface area contributed by atoms with Gasteiger partial charge in [-0.05, 0) is 0 Å². The number of rotatable bonds is 7. The minimum atomic E-state index is -1.02. The molecular weight excluding hydrogens is 236 g/mol. The molecule has 0 aliphatic rings. The zero-order valence-electron chi connectivity index (χ0n) is 11.8. The van der Waals surface area contributed by atoms with Crippen LogP contribution < -0.4 is 0 Å². The third-order valence-electron chi connectivity index (χ3n) is 2.26. The van der Waals surface area contributed by atoms with Crippen LogP contribution in [0.3, 0.4) is 0 Å². The number of aliphatic hydroxyl groups excluding tert-OH is 1. The molecule has 18 heavy (non-hydrogen) atoms. The predicted molar refractivity (Wildman–Crippen MR) is 66.6 cm³/mol. The molecule has 0 saturated heterocycles. The normalized spacial score (nSPS) is 15.3. The van der Waals surface area contributed by atoms with Gasteiger partial charge >= 0.3 is 5.97 Å². The Labute approximate surface area is 108 Å². The van der Waals surface area contributed by atoms with E-state index < -0.39 is 24.0 Å². The number of carbonyl (C=O) groups is 2. The van der Waals surface area contributed by atoms with E-state index >= 15 is 0 Å². The second kappa shape index (κ2) is 7.48. The Hall–Kier alpha value is -0.940. The van der Waals surface area contributed by atoms with Crippen LogP contribution in [0.25, 0.3) is 0 Å². The van der Waals surface area contributed by atoms with Crippen molar-refractivity contribution in [2.24, 2.45) is 11.3 Å². The molecule has 0 radical (unpaired) electrons. The third-order valence-corrected chi connectivity index (χ3v) is 2.26. The zero-order chi connectivity index (χ0) is 14.3. The summed E-state index contributed by atoms with van der Waals surface area (Å²) >= 11 is 0. The van der Waals surface area contributed by atoms with Gasteiger partial charge in [0.25, 0.3) is 0 Å². The summed E-state index contributed by atoms with van der Waals surface area (Å²) in [7, 11) is 0. The van der Waals surface area contributed by atoms with E-state index in [9.17, 15) is 14.7 Å². The SMILES string of the molecule is CC(C)C(OC(=O)CCC=O)OC(O)C(C)(C)C. The lowest BCUT2D eigenvalue weighted by Crippen LogP contribution is -2.37. The van der Waals surface area contributed by atoms with Gasteiger partial charge < -0.3 is 19.4 Å². The summed E-state index contributed by atoms with van der Waals surface area (Å²) < 4.78 is 10.5. The predicted octanol–water partition coefficient (Wildman–Crippen LogP) is 1.87. The van der Waals surface area contributed by atoms with E-state index in [1.807, 2.05) is 34.6 Å². The maximum Gasteiger partial charge on any atom is 0.308 e. The van der Waals surface area contributed by atoms with Crippen molar-refractivity contribution in [3.05, 3.63) is 0 Å². The molecule has 0 saturated carbocycles. The molecule has 0 aromatic carbocycles. The Bertz CT molecular complexity index is 267. The van der Waals surface area contributed by atoms with Crippen LogP contribution >= 0.6 is 0 Å². The molecule has 2 atom stereocenters. The van der Waals surface area contributed by atoms with Crippen LogP contribution in [0.15, 0.2) is 0 Å². The van der Waals surface area contributed by atoms with Crippen LogP contribution in [-0.2, 0) is 19.1 Å². The van der Waals surface area contributed by atoms with Gasteiger partial charge in [0.05, 0.1) is 6.42 Å². The van der Waals surface area contributed by atoms with Crippen molar-refractivity contribution in [1.82, 2.24) is 0 Å². The van der Waals surface area contributed by atoms with Gasteiger partial charge in [-0.25, -0.2) is 0 Å². The fraction of sp³-hybridized carbons (Fsp3) is 0.846. The monoisotopic (exact) mass is 260 g/mol. The standard InChI is InChI=1S/C13H24O5/c1-9(2)11(17-10(15)7-6-8-14)18-12(16)13(3,4)5/h8-9,11-12,16H,6-7H2,1-5H3. The second-order valence-corrected chi connectivity index (χ2v) is 5.66. The number of carbonyl (C=O) groups excluding carboxylic acids is 2. The van der Waals surface area contributed by atoms with E-state index in [2.05, 4.69) is 0 Å². The fourth-order valence-electron chi connectivity index (χ4n) is 1.02. The summed E-state index contributed by atoms with van der Waals surface area (Å²) in [6.07, 6.45) is -1.01. The maximum absolute atomic E-state index is 11.4. The van der Waals surface area contributed by atoms with E-state index in [1.54, 1.807) is 0 Å². The number of aldehydes is 1. The van der Waals surface area contributed by atoms with Gasteiger partial charge in [-0.2, -0.15) is 0 Å². The Kier molecular flexibility index (Phi) is 7.09. The molecule has 2 unspecified atom stereocenters. The number of esters is 1. The molecule has 0 bridgehead atoms. The highest BCUT2D eigenvalue weighted by molar-refractivity contribution is 5.72. The molecule has 5 nitrogen and oxygen atoms in total.